The van der Waals surface area contributed by atoms with E-state index in [0.29, 0.717) is 6.42 Å². The zero-order valence-corrected chi connectivity index (χ0v) is 11.5. The summed E-state index contributed by atoms with van der Waals surface area (Å²) in [5.74, 6) is -2.10. The average molecular weight is 274 g/mol. The third-order valence-electron chi connectivity index (χ3n) is 3.36. The Morgan fingerprint density at radius 1 is 1.00 bits per heavy atom. The van der Waals surface area contributed by atoms with Gasteiger partial charge in [0.05, 0.1) is 0 Å². The Balaban J connectivity index is 2.06. The first-order valence-corrected chi connectivity index (χ1v) is 6.52. The largest absolute Gasteiger partial charge is 0.294 e. The lowest BCUT2D eigenvalue weighted by atomic mass is 9.98. The van der Waals surface area contributed by atoms with Crippen LogP contribution in [0.15, 0.2) is 36.4 Å². The molecule has 2 rings (SSSR count). The maximum atomic E-state index is 13.1. The van der Waals surface area contributed by atoms with Crippen LogP contribution in [0.4, 0.5) is 8.78 Å². The van der Waals surface area contributed by atoms with Crippen molar-refractivity contribution >= 4 is 5.78 Å². The Morgan fingerprint density at radius 2 is 1.75 bits per heavy atom. The van der Waals surface area contributed by atoms with Crippen molar-refractivity contribution in [1.29, 1.82) is 0 Å². The van der Waals surface area contributed by atoms with Crippen molar-refractivity contribution in [2.75, 3.05) is 0 Å². The van der Waals surface area contributed by atoms with Crippen LogP contribution in [0.5, 0.6) is 0 Å². The van der Waals surface area contributed by atoms with Crippen LogP contribution in [0.1, 0.15) is 33.5 Å². The van der Waals surface area contributed by atoms with Gasteiger partial charge in [0.15, 0.2) is 17.4 Å². The molecule has 0 N–H and O–H groups in total. The summed E-state index contributed by atoms with van der Waals surface area (Å²) >= 11 is 0. The second-order valence-corrected chi connectivity index (χ2v) is 4.98. The number of carbonyl (C=O) groups is 1. The molecule has 0 aliphatic carbocycles. The van der Waals surface area contributed by atoms with Gasteiger partial charge >= 0.3 is 0 Å². The monoisotopic (exact) mass is 274 g/mol. The van der Waals surface area contributed by atoms with Crippen LogP contribution >= 0.6 is 0 Å². The summed E-state index contributed by atoms with van der Waals surface area (Å²) in [6, 6.07) is 9.34. The van der Waals surface area contributed by atoms with Crippen LogP contribution in [0.2, 0.25) is 0 Å². The van der Waals surface area contributed by atoms with Gasteiger partial charge in [-0.2, -0.15) is 0 Å². The van der Waals surface area contributed by atoms with E-state index < -0.39 is 11.6 Å². The summed E-state index contributed by atoms with van der Waals surface area (Å²) in [7, 11) is 0. The van der Waals surface area contributed by atoms with Crippen molar-refractivity contribution in [3.8, 4) is 0 Å². The lowest BCUT2D eigenvalue weighted by Crippen LogP contribution is -2.03. The van der Waals surface area contributed by atoms with E-state index in [1.807, 2.05) is 26.0 Å². The minimum Gasteiger partial charge on any atom is -0.294 e. The molecule has 0 fully saturated rings. The van der Waals surface area contributed by atoms with Crippen LogP contribution in [0.3, 0.4) is 0 Å². The Kier molecular flexibility index (Phi) is 4.28. The molecule has 2 aromatic rings. The lowest BCUT2D eigenvalue weighted by Gasteiger charge is -2.07. The number of halogens is 2. The van der Waals surface area contributed by atoms with E-state index in [1.165, 1.54) is 11.6 Å². The van der Waals surface area contributed by atoms with E-state index in [4.69, 9.17) is 0 Å². The standard InChI is InChI=1S/C17H16F2O/c1-11-3-4-13(12(2)9-11)6-8-17(20)14-5-7-15(18)16(19)10-14/h3-5,7,9-10H,6,8H2,1-2H3. The maximum Gasteiger partial charge on any atom is 0.163 e. The summed E-state index contributed by atoms with van der Waals surface area (Å²) in [5.41, 5.74) is 3.64. The number of Topliss-reactive ketones (excluding diaryl/α,β-unsaturated/α-hetero) is 1. The highest BCUT2D eigenvalue weighted by molar-refractivity contribution is 5.96. The van der Waals surface area contributed by atoms with Crippen molar-refractivity contribution < 1.29 is 13.6 Å². The zero-order chi connectivity index (χ0) is 14.7. The van der Waals surface area contributed by atoms with Gasteiger partial charge in [-0.3, -0.25) is 4.79 Å². The van der Waals surface area contributed by atoms with E-state index in [-0.39, 0.29) is 17.8 Å². The van der Waals surface area contributed by atoms with Crippen LogP contribution in [0, 0.1) is 25.5 Å². The number of hydrogen-bond donors (Lipinski definition) is 0. The Bertz CT molecular complexity index is 647. The molecule has 2 aromatic carbocycles. The van der Waals surface area contributed by atoms with Crippen molar-refractivity contribution in [1.82, 2.24) is 0 Å². The van der Waals surface area contributed by atoms with Gasteiger partial charge < -0.3 is 0 Å². The molecule has 20 heavy (non-hydrogen) atoms. The van der Waals surface area contributed by atoms with Crippen molar-refractivity contribution in [2.24, 2.45) is 0 Å². The summed E-state index contributed by atoms with van der Waals surface area (Å²) in [6.07, 6.45) is 0.888. The number of ketones is 1. The predicted octanol–water partition coefficient (Wildman–Crippen LogP) is 4.40. The Morgan fingerprint density at radius 3 is 2.40 bits per heavy atom. The van der Waals surface area contributed by atoms with E-state index in [9.17, 15) is 13.6 Å². The minimum atomic E-state index is -0.984. The van der Waals surface area contributed by atoms with Gasteiger partial charge in [0.1, 0.15) is 0 Å². The third kappa shape index (κ3) is 3.29. The first kappa shape index (κ1) is 14.4. The molecule has 0 saturated carbocycles. The summed E-state index contributed by atoms with van der Waals surface area (Å²) in [6.45, 7) is 4.02. The number of benzene rings is 2. The zero-order valence-electron chi connectivity index (χ0n) is 11.5. The quantitative estimate of drug-likeness (QED) is 0.755. The normalized spacial score (nSPS) is 10.6. The van der Waals surface area contributed by atoms with Crippen LogP contribution < -0.4 is 0 Å². The highest BCUT2D eigenvalue weighted by Crippen LogP contribution is 2.15. The second-order valence-electron chi connectivity index (χ2n) is 4.98. The third-order valence-corrected chi connectivity index (χ3v) is 3.36. The molecule has 0 saturated heterocycles. The molecule has 0 aliphatic heterocycles. The molecule has 0 atom stereocenters. The molecule has 0 aromatic heterocycles. The first-order valence-electron chi connectivity index (χ1n) is 6.52. The Hall–Kier alpha value is -2.03. The molecule has 1 nitrogen and oxygen atoms in total. The number of aryl methyl sites for hydroxylation is 3. The van der Waals surface area contributed by atoms with Gasteiger partial charge in [-0.05, 0) is 49.6 Å². The number of carbonyl (C=O) groups excluding carboxylic acids is 1. The summed E-state index contributed by atoms with van der Waals surface area (Å²) < 4.78 is 25.9. The minimum absolute atomic E-state index is 0.177. The molecule has 0 unspecified atom stereocenters. The predicted molar refractivity (Wildman–Crippen MR) is 74.9 cm³/mol. The highest BCUT2D eigenvalue weighted by atomic mass is 19.2. The number of rotatable bonds is 4. The second kappa shape index (κ2) is 5.95. The molecule has 0 aliphatic rings. The molecule has 3 heteroatoms. The Labute approximate surface area is 117 Å². The van der Waals surface area contributed by atoms with Crippen LogP contribution in [0.25, 0.3) is 0 Å². The fourth-order valence-electron chi connectivity index (χ4n) is 2.19. The van der Waals surface area contributed by atoms with Gasteiger partial charge in [0.2, 0.25) is 0 Å². The average Bonchev–Trinajstić information content (AvgIpc) is 2.40. The van der Waals surface area contributed by atoms with Crippen molar-refractivity contribution in [3.63, 3.8) is 0 Å². The molecule has 0 radical (unpaired) electrons. The molecule has 0 amide bonds. The van der Waals surface area contributed by atoms with Gasteiger partial charge in [0, 0.05) is 12.0 Å². The van der Waals surface area contributed by atoms with E-state index in [1.54, 1.807) is 0 Å². The van der Waals surface area contributed by atoms with Crippen LogP contribution in [-0.2, 0) is 6.42 Å². The fourth-order valence-corrected chi connectivity index (χ4v) is 2.19. The van der Waals surface area contributed by atoms with E-state index in [2.05, 4.69) is 6.07 Å². The van der Waals surface area contributed by atoms with Gasteiger partial charge in [-0.25, -0.2) is 8.78 Å². The molecular formula is C17H16F2O. The van der Waals surface area contributed by atoms with Crippen molar-refractivity contribution in [3.05, 3.63) is 70.3 Å². The van der Waals surface area contributed by atoms with E-state index in [0.717, 1.165) is 23.3 Å². The van der Waals surface area contributed by atoms with Gasteiger partial charge in [0.25, 0.3) is 0 Å². The van der Waals surface area contributed by atoms with Crippen molar-refractivity contribution in [2.45, 2.75) is 26.7 Å². The summed E-state index contributed by atoms with van der Waals surface area (Å²) in [4.78, 5) is 12.0. The molecular weight excluding hydrogens is 258 g/mol. The molecule has 0 bridgehead atoms. The summed E-state index contributed by atoms with van der Waals surface area (Å²) in [5, 5.41) is 0. The first-order chi connectivity index (χ1) is 9.47. The maximum absolute atomic E-state index is 13.1. The molecule has 0 spiro atoms. The SMILES string of the molecule is Cc1ccc(CCC(=O)c2ccc(F)c(F)c2)c(C)c1. The number of hydrogen-bond acceptors (Lipinski definition) is 1. The van der Waals surface area contributed by atoms with Crippen LogP contribution in [-0.4, -0.2) is 5.78 Å². The highest BCUT2D eigenvalue weighted by Gasteiger charge is 2.10. The topological polar surface area (TPSA) is 17.1 Å². The molecule has 104 valence electrons. The van der Waals surface area contributed by atoms with Gasteiger partial charge in [-0.1, -0.05) is 23.8 Å². The van der Waals surface area contributed by atoms with E-state index >= 15 is 0 Å². The molecule has 0 heterocycles. The smallest absolute Gasteiger partial charge is 0.163 e. The fraction of sp³-hybridized carbons (Fsp3) is 0.235. The van der Waals surface area contributed by atoms with Gasteiger partial charge in [-0.15, -0.1) is 0 Å². The lowest BCUT2D eigenvalue weighted by molar-refractivity contribution is 0.0982.